The fraction of sp³-hybridized carbons (Fsp3) is 0.167. The second kappa shape index (κ2) is 4.71. The molecule has 3 N–H and O–H groups in total. The van der Waals surface area contributed by atoms with Crippen molar-refractivity contribution in [1.29, 1.82) is 0 Å². The number of rotatable bonds is 2. The van der Waals surface area contributed by atoms with Crippen LogP contribution in [0.25, 0.3) is 11.2 Å². The van der Waals surface area contributed by atoms with Crippen molar-refractivity contribution < 1.29 is 0 Å². The van der Waals surface area contributed by atoms with Crippen LogP contribution in [-0.4, -0.2) is 24.5 Å². The van der Waals surface area contributed by atoms with E-state index in [0.717, 1.165) is 11.3 Å². The number of aromatic nitrogens is 5. The van der Waals surface area contributed by atoms with Crippen LogP contribution in [0.5, 0.6) is 0 Å². The lowest BCUT2D eigenvalue weighted by atomic mass is 10.2. The van der Waals surface area contributed by atoms with Crippen LogP contribution in [0.4, 0.5) is 5.82 Å². The van der Waals surface area contributed by atoms with E-state index >= 15 is 0 Å². The first-order valence-corrected chi connectivity index (χ1v) is 6.67. The molecule has 0 saturated carbocycles. The summed E-state index contributed by atoms with van der Waals surface area (Å²) in [6.45, 7) is 2.42. The molecule has 0 aliphatic rings. The Kier molecular flexibility index (Phi) is 3.01. The van der Waals surface area contributed by atoms with Gasteiger partial charge in [0.2, 0.25) is 0 Å². The third kappa shape index (κ3) is 2.18. The van der Waals surface area contributed by atoms with E-state index in [9.17, 15) is 4.79 Å². The highest BCUT2D eigenvalue weighted by molar-refractivity contribution is 9.10. The van der Waals surface area contributed by atoms with E-state index in [-0.39, 0.29) is 5.82 Å². The minimum absolute atomic E-state index is 0.210. The maximum Gasteiger partial charge on any atom is 0.348 e. The number of nitrogen functional groups attached to an aromatic ring is 1. The molecule has 102 valence electrons. The van der Waals surface area contributed by atoms with Gasteiger partial charge in [-0.25, -0.2) is 9.78 Å². The van der Waals surface area contributed by atoms with E-state index in [2.05, 4.69) is 35.9 Å². The van der Waals surface area contributed by atoms with Crippen LogP contribution in [0.2, 0.25) is 0 Å². The maximum atomic E-state index is 11.4. The van der Waals surface area contributed by atoms with Gasteiger partial charge in [-0.05, 0) is 34.5 Å². The Morgan fingerprint density at radius 2 is 2.20 bits per heavy atom. The van der Waals surface area contributed by atoms with Gasteiger partial charge in [0.05, 0.1) is 6.54 Å². The Morgan fingerprint density at radius 3 is 2.90 bits per heavy atom. The van der Waals surface area contributed by atoms with Crippen molar-refractivity contribution in [3.8, 4) is 0 Å². The maximum absolute atomic E-state index is 11.4. The average Bonchev–Trinajstić information content (AvgIpc) is 2.70. The lowest BCUT2D eigenvalue weighted by Gasteiger charge is -2.05. The molecule has 0 aliphatic carbocycles. The molecule has 0 bridgehead atoms. The molecule has 20 heavy (non-hydrogen) atoms. The van der Waals surface area contributed by atoms with Gasteiger partial charge in [-0.2, -0.15) is 4.98 Å². The van der Waals surface area contributed by atoms with E-state index in [1.165, 1.54) is 0 Å². The molecule has 7 nitrogen and oxygen atoms in total. The number of nitrogens with one attached hydrogen (secondary N) is 1. The zero-order valence-electron chi connectivity index (χ0n) is 10.6. The Balaban J connectivity index is 2.13. The summed E-state index contributed by atoms with van der Waals surface area (Å²) < 4.78 is 2.33. The van der Waals surface area contributed by atoms with Gasteiger partial charge in [0.15, 0.2) is 10.4 Å². The molecule has 0 aromatic carbocycles. The van der Waals surface area contributed by atoms with Crippen molar-refractivity contribution in [2.45, 2.75) is 13.5 Å². The van der Waals surface area contributed by atoms with Crippen molar-refractivity contribution >= 4 is 32.9 Å². The molecule has 8 heteroatoms. The first-order valence-electron chi connectivity index (χ1n) is 5.87. The summed E-state index contributed by atoms with van der Waals surface area (Å²) in [7, 11) is 0. The number of halogens is 1. The number of anilines is 1. The zero-order valence-corrected chi connectivity index (χ0v) is 12.2. The summed E-state index contributed by atoms with van der Waals surface area (Å²) in [5.74, 6) is 0.210. The molecule has 0 fully saturated rings. The topological polar surface area (TPSA) is 102 Å². The van der Waals surface area contributed by atoms with Crippen LogP contribution in [0, 0.1) is 6.92 Å². The molecule has 0 unspecified atom stereocenters. The molecule has 3 aromatic rings. The van der Waals surface area contributed by atoms with Crippen LogP contribution < -0.4 is 11.4 Å². The Morgan fingerprint density at radius 1 is 1.40 bits per heavy atom. The molecule has 3 heterocycles. The Bertz CT molecular complexity index is 836. The highest BCUT2D eigenvalue weighted by Gasteiger charge is 2.14. The lowest BCUT2D eigenvalue weighted by Crippen LogP contribution is -2.14. The smallest absolute Gasteiger partial charge is 0.348 e. The van der Waals surface area contributed by atoms with E-state index < -0.39 is 5.69 Å². The number of fused-ring (bicyclic) bond motifs is 1. The number of nitrogens with zero attached hydrogens (tertiary/aromatic N) is 4. The summed E-state index contributed by atoms with van der Waals surface area (Å²) in [4.78, 5) is 26.3. The minimum Gasteiger partial charge on any atom is -0.383 e. The van der Waals surface area contributed by atoms with Gasteiger partial charge in [-0.1, -0.05) is 6.07 Å². The second-order valence-corrected chi connectivity index (χ2v) is 5.11. The molecular formula is C12H11BrN6O. The normalized spacial score (nSPS) is 11.1. The second-order valence-electron chi connectivity index (χ2n) is 4.40. The molecule has 0 radical (unpaired) electrons. The zero-order chi connectivity index (χ0) is 14.3. The number of aryl methyl sites for hydroxylation is 1. The van der Waals surface area contributed by atoms with Crippen LogP contribution in [0.15, 0.2) is 27.9 Å². The van der Waals surface area contributed by atoms with Crippen LogP contribution in [0.3, 0.4) is 0 Å². The third-order valence-electron chi connectivity index (χ3n) is 2.91. The van der Waals surface area contributed by atoms with E-state index in [4.69, 9.17) is 5.73 Å². The number of hydrogen-bond donors (Lipinski definition) is 2. The third-order valence-corrected chi connectivity index (χ3v) is 3.52. The molecule has 0 spiro atoms. The van der Waals surface area contributed by atoms with Gasteiger partial charge in [0, 0.05) is 11.9 Å². The van der Waals surface area contributed by atoms with Crippen LogP contribution >= 0.6 is 15.9 Å². The SMILES string of the molecule is Cc1ccc(Cn2c(Br)nc3c(N)[nH]c(=O)nc32)cn1. The predicted molar refractivity (Wildman–Crippen MR) is 78.3 cm³/mol. The first kappa shape index (κ1) is 12.8. The van der Waals surface area contributed by atoms with Crippen molar-refractivity contribution in [2.75, 3.05) is 5.73 Å². The summed E-state index contributed by atoms with van der Waals surface area (Å²) >= 11 is 3.36. The highest BCUT2D eigenvalue weighted by Crippen LogP contribution is 2.21. The van der Waals surface area contributed by atoms with Crippen LogP contribution in [0.1, 0.15) is 11.3 Å². The highest BCUT2D eigenvalue weighted by atomic mass is 79.9. The van der Waals surface area contributed by atoms with Crippen molar-refractivity contribution in [1.82, 2.24) is 24.5 Å². The quantitative estimate of drug-likeness (QED) is 0.686. The van der Waals surface area contributed by atoms with Gasteiger partial charge in [0.25, 0.3) is 0 Å². The Labute approximate surface area is 122 Å². The summed E-state index contributed by atoms with van der Waals surface area (Å²) in [5, 5.41) is 0. The van der Waals surface area contributed by atoms with E-state index in [0.29, 0.717) is 22.4 Å². The number of hydrogen-bond acceptors (Lipinski definition) is 5. The van der Waals surface area contributed by atoms with Gasteiger partial charge in [0.1, 0.15) is 11.3 Å². The first-order chi connectivity index (χ1) is 9.54. The number of H-pyrrole nitrogens is 1. The number of imidazole rings is 1. The Hall–Kier alpha value is -2.22. The minimum atomic E-state index is -0.495. The number of nitrogens with two attached hydrogens (primary N) is 1. The predicted octanol–water partition coefficient (Wildman–Crippen LogP) is 1.22. The molecular weight excluding hydrogens is 324 g/mol. The largest absolute Gasteiger partial charge is 0.383 e. The van der Waals surface area contributed by atoms with Crippen molar-refractivity contribution in [2.24, 2.45) is 0 Å². The number of pyridine rings is 1. The summed E-state index contributed by atoms with van der Waals surface area (Å²) in [6, 6.07) is 3.90. The summed E-state index contributed by atoms with van der Waals surface area (Å²) in [5.41, 5.74) is 8.09. The van der Waals surface area contributed by atoms with Gasteiger partial charge in [-0.3, -0.25) is 14.5 Å². The van der Waals surface area contributed by atoms with Crippen molar-refractivity contribution in [3.05, 3.63) is 44.8 Å². The number of aromatic amines is 1. The van der Waals surface area contributed by atoms with Crippen LogP contribution in [-0.2, 0) is 6.54 Å². The molecule has 0 saturated heterocycles. The van der Waals surface area contributed by atoms with Gasteiger partial charge >= 0.3 is 5.69 Å². The molecule has 0 amide bonds. The molecule has 3 rings (SSSR count). The fourth-order valence-electron chi connectivity index (χ4n) is 1.93. The molecule has 0 aliphatic heterocycles. The van der Waals surface area contributed by atoms with Gasteiger partial charge in [-0.15, -0.1) is 0 Å². The van der Waals surface area contributed by atoms with Crippen molar-refractivity contribution in [3.63, 3.8) is 0 Å². The molecule has 3 aromatic heterocycles. The standard InChI is InChI=1S/C12H11BrN6O/c1-6-2-3-7(4-15-6)5-19-10-8(16-11(19)13)9(14)17-12(20)18-10/h2-4H,5H2,1H3,(H3,14,17,18,20). The summed E-state index contributed by atoms with van der Waals surface area (Å²) in [6.07, 6.45) is 1.78. The van der Waals surface area contributed by atoms with E-state index in [1.807, 2.05) is 19.1 Å². The average molecular weight is 335 g/mol. The monoisotopic (exact) mass is 334 g/mol. The van der Waals surface area contributed by atoms with E-state index in [1.54, 1.807) is 10.8 Å². The fourth-order valence-corrected chi connectivity index (χ4v) is 2.40. The lowest BCUT2D eigenvalue weighted by molar-refractivity contribution is 0.783. The molecule has 0 atom stereocenters. The van der Waals surface area contributed by atoms with Gasteiger partial charge < -0.3 is 5.73 Å².